The molecule has 6 heteroatoms. The van der Waals surface area contributed by atoms with Gasteiger partial charge < -0.3 is 9.80 Å². The number of anilines is 2. The fraction of sp³-hybridized carbons (Fsp3) is 0.333. The third-order valence-electron chi connectivity index (χ3n) is 7.24. The average molecular weight is 458 g/mol. The first-order valence-corrected chi connectivity index (χ1v) is 12.3. The van der Waals surface area contributed by atoms with Crippen molar-refractivity contribution >= 4 is 44.8 Å². The van der Waals surface area contributed by atoms with E-state index in [0.717, 1.165) is 66.4 Å². The van der Waals surface area contributed by atoms with E-state index in [1.165, 1.54) is 23.9 Å². The van der Waals surface area contributed by atoms with Crippen LogP contribution in [0.3, 0.4) is 0 Å². The number of nitrogens with zero attached hydrogens (tertiary/aromatic N) is 5. The van der Waals surface area contributed by atoms with Crippen molar-refractivity contribution in [3.63, 3.8) is 0 Å². The zero-order valence-corrected chi connectivity index (χ0v) is 19.5. The van der Waals surface area contributed by atoms with Crippen molar-refractivity contribution in [3.8, 4) is 0 Å². The summed E-state index contributed by atoms with van der Waals surface area (Å²) in [6.07, 6.45) is 6.17. The Morgan fingerprint density at radius 1 is 0.667 bits per heavy atom. The predicted octanol–water partition coefficient (Wildman–Crippen LogP) is 5.23. The van der Waals surface area contributed by atoms with E-state index in [0.29, 0.717) is 6.04 Å². The average Bonchev–Trinajstić information content (AvgIpc) is 2.88. The maximum atomic E-state index is 6.42. The maximum absolute atomic E-state index is 6.42. The van der Waals surface area contributed by atoms with Crippen LogP contribution in [0, 0.1) is 0 Å². The SMILES string of the molecule is Clc1cc(N2CCN(C3CCN(c4cccc5cccnc45)CC3)CC2)c2ncccc2c1. The molecule has 0 spiro atoms. The van der Waals surface area contributed by atoms with Gasteiger partial charge in [0, 0.05) is 73.5 Å². The van der Waals surface area contributed by atoms with Crippen LogP contribution in [0.25, 0.3) is 21.8 Å². The number of aromatic nitrogens is 2. The Morgan fingerprint density at radius 2 is 1.30 bits per heavy atom. The van der Waals surface area contributed by atoms with E-state index >= 15 is 0 Å². The van der Waals surface area contributed by atoms with Crippen molar-refractivity contribution < 1.29 is 0 Å². The lowest BCUT2D eigenvalue weighted by Gasteiger charge is -2.44. The van der Waals surface area contributed by atoms with Crippen LogP contribution in [-0.4, -0.2) is 60.2 Å². The van der Waals surface area contributed by atoms with E-state index in [1.54, 1.807) is 0 Å². The van der Waals surface area contributed by atoms with Crippen LogP contribution < -0.4 is 9.80 Å². The number of hydrogen-bond donors (Lipinski definition) is 0. The number of halogens is 1. The molecule has 0 unspecified atom stereocenters. The topological polar surface area (TPSA) is 35.5 Å². The third-order valence-corrected chi connectivity index (χ3v) is 7.46. The zero-order chi connectivity index (χ0) is 22.2. The number of hydrogen-bond acceptors (Lipinski definition) is 5. The molecule has 0 N–H and O–H groups in total. The molecule has 2 fully saturated rings. The molecule has 2 aliphatic heterocycles. The van der Waals surface area contributed by atoms with Crippen LogP contribution in [0.4, 0.5) is 11.4 Å². The van der Waals surface area contributed by atoms with Crippen LogP contribution in [0.1, 0.15) is 12.8 Å². The maximum Gasteiger partial charge on any atom is 0.0936 e. The van der Waals surface area contributed by atoms with Crippen LogP contribution in [0.15, 0.2) is 67.0 Å². The Morgan fingerprint density at radius 3 is 2.06 bits per heavy atom. The minimum Gasteiger partial charge on any atom is -0.370 e. The highest BCUT2D eigenvalue weighted by atomic mass is 35.5. The lowest BCUT2D eigenvalue weighted by atomic mass is 10.0. The number of para-hydroxylation sites is 1. The van der Waals surface area contributed by atoms with Crippen molar-refractivity contribution in [2.24, 2.45) is 0 Å². The zero-order valence-electron chi connectivity index (χ0n) is 18.7. The monoisotopic (exact) mass is 457 g/mol. The number of piperazine rings is 1. The van der Waals surface area contributed by atoms with Gasteiger partial charge in [0.15, 0.2) is 0 Å². The molecule has 2 aromatic carbocycles. The second-order valence-electron chi connectivity index (χ2n) is 9.09. The molecule has 2 aromatic heterocycles. The molecular weight excluding hydrogens is 430 g/mol. The number of fused-ring (bicyclic) bond motifs is 2. The number of piperidine rings is 1. The van der Waals surface area contributed by atoms with Crippen LogP contribution in [0.5, 0.6) is 0 Å². The number of pyridine rings is 2. The van der Waals surface area contributed by atoms with Crippen molar-refractivity contribution in [3.05, 3.63) is 72.0 Å². The number of benzene rings is 2. The van der Waals surface area contributed by atoms with Crippen molar-refractivity contribution in [2.45, 2.75) is 18.9 Å². The fourth-order valence-corrected chi connectivity index (χ4v) is 5.74. The molecule has 0 bridgehead atoms. The van der Waals surface area contributed by atoms with Gasteiger partial charge in [0.25, 0.3) is 0 Å². The molecule has 0 amide bonds. The van der Waals surface area contributed by atoms with Gasteiger partial charge in [-0.2, -0.15) is 0 Å². The second kappa shape index (κ2) is 8.81. The van der Waals surface area contributed by atoms with Crippen molar-refractivity contribution in [1.82, 2.24) is 14.9 Å². The smallest absolute Gasteiger partial charge is 0.0936 e. The molecule has 2 aliphatic rings. The lowest BCUT2D eigenvalue weighted by molar-refractivity contribution is 0.160. The van der Waals surface area contributed by atoms with Gasteiger partial charge >= 0.3 is 0 Å². The van der Waals surface area contributed by atoms with Crippen LogP contribution >= 0.6 is 11.6 Å². The third kappa shape index (κ3) is 4.00. The minimum absolute atomic E-state index is 0.653. The summed E-state index contributed by atoms with van der Waals surface area (Å²) in [4.78, 5) is 17.0. The molecule has 0 radical (unpaired) electrons. The molecule has 4 heterocycles. The first-order valence-electron chi connectivity index (χ1n) is 11.9. The Kier molecular flexibility index (Phi) is 5.52. The Balaban J connectivity index is 1.11. The van der Waals surface area contributed by atoms with E-state index < -0.39 is 0 Å². The largest absolute Gasteiger partial charge is 0.370 e. The van der Waals surface area contributed by atoms with Gasteiger partial charge in [-0.15, -0.1) is 0 Å². The van der Waals surface area contributed by atoms with Gasteiger partial charge in [0.2, 0.25) is 0 Å². The quantitative estimate of drug-likeness (QED) is 0.421. The van der Waals surface area contributed by atoms with Gasteiger partial charge in [-0.05, 0) is 43.2 Å². The fourth-order valence-electron chi connectivity index (χ4n) is 5.52. The molecule has 2 saturated heterocycles. The Labute approximate surface area is 199 Å². The Bertz CT molecular complexity index is 1270. The van der Waals surface area contributed by atoms with E-state index in [4.69, 9.17) is 11.6 Å². The van der Waals surface area contributed by atoms with E-state index in [-0.39, 0.29) is 0 Å². The molecular formula is C27H28ClN5. The molecule has 0 aliphatic carbocycles. The minimum atomic E-state index is 0.653. The van der Waals surface area contributed by atoms with Gasteiger partial charge in [-0.3, -0.25) is 14.9 Å². The van der Waals surface area contributed by atoms with Gasteiger partial charge in [-0.25, -0.2) is 0 Å². The van der Waals surface area contributed by atoms with Gasteiger partial charge in [0.05, 0.1) is 22.4 Å². The summed E-state index contributed by atoms with van der Waals surface area (Å²) in [5.41, 5.74) is 4.61. The summed E-state index contributed by atoms with van der Waals surface area (Å²) in [7, 11) is 0. The number of rotatable bonds is 3. The summed E-state index contributed by atoms with van der Waals surface area (Å²) in [5, 5.41) is 3.11. The van der Waals surface area contributed by atoms with Gasteiger partial charge in [-0.1, -0.05) is 35.9 Å². The highest BCUT2D eigenvalue weighted by Crippen LogP contribution is 2.32. The van der Waals surface area contributed by atoms with Crippen molar-refractivity contribution in [1.29, 1.82) is 0 Å². The first kappa shape index (κ1) is 20.7. The molecule has 0 saturated carbocycles. The van der Waals surface area contributed by atoms with E-state index in [2.05, 4.69) is 61.1 Å². The molecule has 168 valence electrons. The highest BCUT2D eigenvalue weighted by molar-refractivity contribution is 6.31. The summed E-state index contributed by atoms with van der Waals surface area (Å²) in [6, 6.07) is 19.5. The van der Waals surface area contributed by atoms with Crippen LogP contribution in [-0.2, 0) is 0 Å². The molecule has 33 heavy (non-hydrogen) atoms. The molecule has 0 atom stereocenters. The second-order valence-corrected chi connectivity index (χ2v) is 9.53. The summed E-state index contributed by atoms with van der Waals surface area (Å²) in [6.45, 7) is 6.37. The Hall–Kier alpha value is -2.89. The molecule has 4 aromatic rings. The summed E-state index contributed by atoms with van der Waals surface area (Å²) >= 11 is 6.42. The van der Waals surface area contributed by atoms with Crippen LogP contribution in [0.2, 0.25) is 5.02 Å². The predicted molar refractivity (Wildman–Crippen MR) is 138 cm³/mol. The molecule has 6 rings (SSSR count). The van der Waals surface area contributed by atoms with E-state index in [1.807, 2.05) is 30.6 Å². The highest BCUT2D eigenvalue weighted by Gasteiger charge is 2.28. The standard InChI is InChI=1S/C27H28ClN5/c28-22-18-21-6-3-11-30-27(21)25(19-22)33-16-14-31(15-17-33)23-8-12-32(13-9-23)24-7-1-4-20-5-2-10-29-26(20)24/h1-7,10-11,18-19,23H,8-9,12-17H2. The normalized spacial score (nSPS) is 18.3. The first-order chi connectivity index (χ1) is 16.3. The molecule has 5 nitrogen and oxygen atoms in total. The van der Waals surface area contributed by atoms with Gasteiger partial charge in [0.1, 0.15) is 0 Å². The summed E-state index contributed by atoms with van der Waals surface area (Å²) < 4.78 is 0. The summed E-state index contributed by atoms with van der Waals surface area (Å²) in [5.74, 6) is 0. The van der Waals surface area contributed by atoms with E-state index in [9.17, 15) is 0 Å². The lowest BCUT2D eigenvalue weighted by Crippen LogP contribution is -2.53. The van der Waals surface area contributed by atoms with Crippen molar-refractivity contribution in [2.75, 3.05) is 49.1 Å².